The first-order valence-electron chi connectivity index (χ1n) is 11.5. The molecular weight excluding hydrogens is 444 g/mol. The number of aryl methyl sites for hydroxylation is 1. The molecule has 0 spiro atoms. The van der Waals surface area contributed by atoms with Gasteiger partial charge in [0.05, 0.1) is 13.2 Å². The van der Waals surface area contributed by atoms with Crippen molar-refractivity contribution in [2.75, 3.05) is 13.2 Å². The number of rotatable bonds is 9. The van der Waals surface area contributed by atoms with Crippen molar-refractivity contribution in [2.24, 2.45) is 5.92 Å². The van der Waals surface area contributed by atoms with Gasteiger partial charge in [0.1, 0.15) is 0 Å². The van der Waals surface area contributed by atoms with Gasteiger partial charge in [0.15, 0.2) is 23.2 Å². The molecule has 2 nitrogen and oxygen atoms in total. The molecule has 0 atom stereocenters. The number of benzene rings is 2. The molecule has 0 bridgehead atoms. The minimum absolute atomic E-state index is 0.0821. The Morgan fingerprint density at radius 3 is 2.03 bits per heavy atom. The predicted octanol–water partition coefficient (Wildman–Crippen LogP) is 8.45. The van der Waals surface area contributed by atoms with Crippen LogP contribution in [-0.2, 0) is 9.47 Å². The minimum Gasteiger partial charge on any atom is -0.491 e. The molecule has 0 aromatic heterocycles. The quantitative estimate of drug-likeness (QED) is 0.206. The van der Waals surface area contributed by atoms with Crippen molar-refractivity contribution in [3.05, 3.63) is 95.5 Å². The summed E-state index contributed by atoms with van der Waals surface area (Å²) in [7, 11) is 0. The molecule has 0 unspecified atom stereocenters. The van der Waals surface area contributed by atoms with Crippen LogP contribution in [0.1, 0.15) is 49.7 Å². The van der Waals surface area contributed by atoms with Crippen molar-refractivity contribution in [1.82, 2.24) is 0 Å². The SMILES string of the molecule is C=C(OCC)/C(F)=C(/F)C(=C)OCC1CCC(c2ccc(-c3ccc(C)cc3)c(F)c2F)CC1. The van der Waals surface area contributed by atoms with Crippen molar-refractivity contribution >= 4 is 0 Å². The molecule has 1 aliphatic rings. The van der Waals surface area contributed by atoms with Crippen molar-refractivity contribution in [2.45, 2.75) is 45.4 Å². The monoisotopic (exact) mass is 474 g/mol. The van der Waals surface area contributed by atoms with Gasteiger partial charge in [0.2, 0.25) is 11.7 Å². The lowest BCUT2D eigenvalue weighted by molar-refractivity contribution is 0.134. The maximum atomic E-state index is 14.9. The van der Waals surface area contributed by atoms with Crippen LogP contribution in [0.5, 0.6) is 0 Å². The second-order valence-electron chi connectivity index (χ2n) is 8.63. The van der Waals surface area contributed by atoms with E-state index in [4.69, 9.17) is 9.47 Å². The average Bonchev–Trinajstić information content (AvgIpc) is 2.84. The molecule has 2 aromatic carbocycles. The zero-order valence-corrected chi connectivity index (χ0v) is 19.6. The summed E-state index contributed by atoms with van der Waals surface area (Å²) in [6.07, 6.45) is 2.68. The molecule has 6 heteroatoms. The molecule has 2 aromatic rings. The van der Waals surface area contributed by atoms with E-state index in [-0.39, 0.29) is 30.6 Å². The third-order valence-electron chi connectivity index (χ3n) is 6.26. The van der Waals surface area contributed by atoms with Gasteiger partial charge in [-0.25, -0.2) is 8.78 Å². The van der Waals surface area contributed by atoms with Crippen molar-refractivity contribution < 1.29 is 27.0 Å². The molecule has 0 heterocycles. The highest BCUT2D eigenvalue weighted by atomic mass is 19.2. The molecule has 3 rings (SSSR count). The molecule has 1 saturated carbocycles. The van der Waals surface area contributed by atoms with Gasteiger partial charge >= 0.3 is 0 Å². The first-order valence-corrected chi connectivity index (χ1v) is 11.5. The van der Waals surface area contributed by atoms with E-state index in [9.17, 15) is 17.6 Å². The standard InChI is InChI=1S/C28H30F4O2/c1-5-33-18(3)25(29)26(30)19(4)34-16-20-8-12-22(13-9-20)24-15-14-23(27(31)28(24)32)21-10-6-17(2)7-11-21/h6-7,10-11,14-15,20,22H,3-5,8-9,12-13,16H2,1-2H3/b26-25-. The summed E-state index contributed by atoms with van der Waals surface area (Å²) in [4.78, 5) is 0. The highest BCUT2D eigenvalue weighted by Gasteiger charge is 2.27. The molecule has 0 aliphatic heterocycles. The third kappa shape index (κ3) is 5.91. The van der Waals surface area contributed by atoms with Crippen LogP contribution < -0.4 is 0 Å². The Kier molecular flexibility index (Phi) is 8.59. The summed E-state index contributed by atoms with van der Waals surface area (Å²) in [5.41, 5.74) is 2.31. The Morgan fingerprint density at radius 2 is 1.44 bits per heavy atom. The predicted molar refractivity (Wildman–Crippen MR) is 126 cm³/mol. The molecule has 0 radical (unpaired) electrons. The summed E-state index contributed by atoms with van der Waals surface area (Å²) >= 11 is 0. The van der Waals surface area contributed by atoms with Gasteiger partial charge in [0, 0.05) is 5.56 Å². The zero-order chi connectivity index (χ0) is 24.8. The molecular formula is C28H30F4O2. The smallest absolute Gasteiger partial charge is 0.203 e. The van der Waals surface area contributed by atoms with Crippen LogP contribution >= 0.6 is 0 Å². The van der Waals surface area contributed by atoms with E-state index < -0.39 is 34.8 Å². The Bertz CT molecular complexity index is 1060. The van der Waals surface area contributed by atoms with E-state index in [1.54, 1.807) is 31.2 Å². The van der Waals surface area contributed by atoms with Crippen LogP contribution in [0, 0.1) is 24.5 Å². The summed E-state index contributed by atoms with van der Waals surface area (Å²) in [5, 5.41) is 0. The van der Waals surface area contributed by atoms with Crippen molar-refractivity contribution in [3.8, 4) is 11.1 Å². The fourth-order valence-electron chi connectivity index (χ4n) is 4.24. The number of allylic oxidation sites excluding steroid dienone is 2. The van der Waals surface area contributed by atoms with E-state index >= 15 is 0 Å². The number of ether oxygens (including phenoxy) is 2. The van der Waals surface area contributed by atoms with Crippen LogP contribution in [0.25, 0.3) is 11.1 Å². The summed E-state index contributed by atoms with van der Waals surface area (Å²) in [5.74, 6) is -4.96. The lowest BCUT2D eigenvalue weighted by Gasteiger charge is -2.29. The lowest BCUT2D eigenvalue weighted by atomic mass is 9.78. The fraction of sp³-hybridized carbons (Fsp3) is 0.357. The Morgan fingerprint density at radius 1 is 0.853 bits per heavy atom. The Hall–Kier alpha value is -3.02. The lowest BCUT2D eigenvalue weighted by Crippen LogP contribution is -2.19. The minimum atomic E-state index is -1.24. The van der Waals surface area contributed by atoms with Gasteiger partial charge < -0.3 is 9.47 Å². The molecule has 1 fully saturated rings. The topological polar surface area (TPSA) is 18.5 Å². The highest BCUT2D eigenvalue weighted by molar-refractivity contribution is 5.65. The van der Waals surface area contributed by atoms with Gasteiger partial charge in [-0.3, -0.25) is 0 Å². The van der Waals surface area contributed by atoms with Gasteiger partial charge in [0.25, 0.3) is 0 Å². The summed E-state index contributed by atoms with van der Waals surface area (Å²) in [6.45, 7) is 10.7. The maximum Gasteiger partial charge on any atom is 0.203 e. The molecule has 34 heavy (non-hydrogen) atoms. The first-order chi connectivity index (χ1) is 16.2. The van der Waals surface area contributed by atoms with E-state index in [0.717, 1.165) is 5.56 Å². The molecule has 0 N–H and O–H groups in total. The normalized spacial score (nSPS) is 18.8. The van der Waals surface area contributed by atoms with Crippen molar-refractivity contribution in [1.29, 1.82) is 0 Å². The number of hydrogen-bond acceptors (Lipinski definition) is 2. The third-order valence-corrected chi connectivity index (χ3v) is 6.26. The van der Waals surface area contributed by atoms with Gasteiger partial charge in [-0.15, -0.1) is 0 Å². The van der Waals surface area contributed by atoms with Crippen LogP contribution in [0.4, 0.5) is 17.6 Å². The number of halogens is 4. The van der Waals surface area contributed by atoms with Crippen molar-refractivity contribution in [3.63, 3.8) is 0 Å². The second-order valence-corrected chi connectivity index (χ2v) is 8.63. The van der Waals surface area contributed by atoms with Crippen LogP contribution in [0.3, 0.4) is 0 Å². The first kappa shape index (κ1) is 25.6. The number of hydrogen-bond donors (Lipinski definition) is 0. The fourth-order valence-corrected chi connectivity index (χ4v) is 4.24. The van der Waals surface area contributed by atoms with Crippen LogP contribution in [0.15, 0.2) is 72.7 Å². The van der Waals surface area contributed by atoms with E-state index in [1.807, 2.05) is 19.1 Å². The molecule has 182 valence electrons. The summed E-state index contributed by atoms with van der Waals surface area (Å²) < 4.78 is 68.0. The second kappa shape index (κ2) is 11.4. The summed E-state index contributed by atoms with van der Waals surface area (Å²) in [6, 6.07) is 10.6. The van der Waals surface area contributed by atoms with Crippen LogP contribution in [-0.4, -0.2) is 13.2 Å². The van der Waals surface area contributed by atoms with Gasteiger partial charge in [-0.05, 0) is 62.5 Å². The molecule has 0 amide bonds. The average molecular weight is 475 g/mol. The maximum absolute atomic E-state index is 14.9. The van der Waals surface area contributed by atoms with E-state index in [2.05, 4.69) is 13.2 Å². The Labute approximate surface area is 198 Å². The Balaban J connectivity index is 1.58. The van der Waals surface area contributed by atoms with Crippen LogP contribution in [0.2, 0.25) is 0 Å². The van der Waals surface area contributed by atoms with Gasteiger partial charge in [-0.2, -0.15) is 8.78 Å². The molecule has 0 saturated heterocycles. The van der Waals surface area contributed by atoms with E-state index in [0.29, 0.717) is 36.8 Å². The van der Waals surface area contributed by atoms with Gasteiger partial charge in [-0.1, -0.05) is 55.1 Å². The molecule has 1 aliphatic carbocycles. The van der Waals surface area contributed by atoms with E-state index in [1.165, 1.54) is 0 Å². The largest absolute Gasteiger partial charge is 0.491 e. The zero-order valence-electron chi connectivity index (χ0n) is 19.6. The highest BCUT2D eigenvalue weighted by Crippen LogP contribution is 2.39.